The van der Waals surface area contributed by atoms with Gasteiger partial charge in [-0.05, 0) is 152 Å². The maximum atomic E-state index is 10.5. The van der Waals surface area contributed by atoms with E-state index in [0.717, 1.165) is 88.4 Å². The average Bonchev–Trinajstić information content (AvgIpc) is 3.86. The first-order valence-corrected chi connectivity index (χ1v) is 23.3. The molecule has 0 N–H and O–H groups in total. The van der Waals surface area contributed by atoms with E-state index in [1.54, 1.807) is 6.20 Å². The number of nitriles is 1. The van der Waals surface area contributed by atoms with Crippen LogP contribution in [0.4, 0.5) is 0 Å². The number of pyridine rings is 1. The Labute approximate surface area is 412 Å². The van der Waals surface area contributed by atoms with Gasteiger partial charge in [-0.25, -0.2) is 59.8 Å². The molecule has 0 aliphatic carbocycles. The van der Waals surface area contributed by atoms with Crippen molar-refractivity contribution in [3.8, 4) is 74.1 Å². The first-order valence-electron chi connectivity index (χ1n) is 23.3. The molecule has 0 aliphatic heterocycles. The van der Waals surface area contributed by atoms with Crippen LogP contribution in [0.3, 0.4) is 0 Å². The molecule has 0 saturated heterocycles. The molecule has 0 unspecified atom stereocenters. The molecule has 5 aromatic carbocycles. The topological polar surface area (TPSA) is 201 Å². The molecule has 72 heavy (non-hydrogen) atoms. The zero-order valence-corrected chi connectivity index (χ0v) is 40.5. The van der Waals surface area contributed by atoms with E-state index < -0.39 is 0 Å². The minimum absolute atomic E-state index is 0.498. The van der Waals surface area contributed by atoms with Crippen molar-refractivity contribution >= 4 is 43.6 Å². The maximum absolute atomic E-state index is 10.5. The third-order valence-corrected chi connectivity index (χ3v) is 12.7. The summed E-state index contributed by atoms with van der Waals surface area (Å²) < 4.78 is 4.51. The van der Waals surface area contributed by atoms with Crippen molar-refractivity contribution in [3.63, 3.8) is 0 Å². The smallest absolute Gasteiger partial charge is 0.163 e. The number of hydrogen-bond acceptors (Lipinski definition) is 14. The first kappa shape index (κ1) is 43.6. The lowest BCUT2D eigenvalue weighted by Gasteiger charge is -2.18. The molecule has 12 rings (SSSR count). The van der Waals surface area contributed by atoms with Crippen LogP contribution in [-0.4, -0.2) is 73.9 Å². The molecule has 346 valence electrons. The number of hydrogen-bond donors (Lipinski definition) is 0. The molecule has 0 amide bonds. The Balaban J connectivity index is 1.12. The van der Waals surface area contributed by atoms with E-state index in [1.807, 2.05) is 110 Å². The Morgan fingerprint density at radius 3 is 0.986 bits per heavy atom. The third-order valence-electron chi connectivity index (χ3n) is 12.7. The monoisotopic (exact) mass is 938 g/mol. The summed E-state index contributed by atoms with van der Waals surface area (Å²) in [6.45, 7) is 15.0. The van der Waals surface area contributed by atoms with Crippen LogP contribution < -0.4 is 0 Å². The molecule has 16 nitrogen and oxygen atoms in total. The molecule has 16 heteroatoms. The minimum atomic E-state index is 0.498. The lowest BCUT2D eigenvalue weighted by Crippen LogP contribution is -2.03. The van der Waals surface area contributed by atoms with Crippen LogP contribution in [0.5, 0.6) is 0 Å². The van der Waals surface area contributed by atoms with Gasteiger partial charge in [-0.15, -0.1) is 0 Å². The largest absolute Gasteiger partial charge is 0.309 e. The van der Waals surface area contributed by atoms with Crippen molar-refractivity contribution in [2.75, 3.05) is 0 Å². The number of nitrogens with zero attached hydrogens (tertiary/aromatic N) is 16. The average molecular weight is 939 g/mol. The fourth-order valence-corrected chi connectivity index (χ4v) is 9.91. The Hall–Kier alpha value is -9.62. The van der Waals surface area contributed by atoms with Crippen molar-refractivity contribution in [2.45, 2.75) is 55.4 Å². The maximum Gasteiger partial charge on any atom is 0.163 e. The molecule has 0 saturated carbocycles. The van der Waals surface area contributed by atoms with Gasteiger partial charge >= 0.3 is 0 Å². The van der Waals surface area contributed by atoms with Gasteiger partial charge in [0.15, 0.2) is 23.3 Å². The summed E-state index contributed by atoms with van der Waals surface area (Å²) in [5, 5.41) is 14.4. The second-order valence-corrected chi connectivity index (χ2v) is 17.8. The lowest BCUT2D eigenvalue weighted by molar-refractivity contribution is 0.928. The van der Waals surface area contributed by atoms with E-state index in [9.17, 15) is 5.26 Å². The van der Waals surface area contributed by atoms with Crippen LogP contribution in [0.1, 0.15) is 52.2 Å². The highest BCUT2D eigenvalue weighted by molar-refractivity contribution is 6.13. The molecule has 0 fully saturated rings. The van der Waals surface area contributed by atoms with E-state index in [2.05, 4.69) is 83.7 Å². The molecule has 0 atom stereocenters. The van der Waals surface area contributed by atoms with Crippen LogP contribution in [0.15, 0.2) is 109 Å². The van der Waals surface area contributed by atoms with Crippen molar-refractivity contribution in [2.24, 2.45) is 0 Å². The van der Waals surface area contributed by atoms with Crippen LogP contribution in [-0.2, 0) is 0 Å². The number of benzene rings is 5. The molecular formula is C56H42N16. The van der Waals surface area contributed by atoms with E-state index in [1.165, 1.54) is 0 Å². The Morgan fingerprint density at radius 1 is 0.347 bits per heavy atom. The van der Waals surface area contributed by atoms with Crippen molar-refractivity contribution in [1.82, 2.24) is 73.9 Å². The summed E-state index contributed by atoms with van der Waals surface area (Å²) in [5.41, 5.74) is 10.9. The van der Waals surface area contributed by atoms with E-state index >= 15 is 0 Å². The predicted molar refractivity (Wildman–Crippen MR) is 276 cm³/mol. The van der Waals surface area contributed by atoms with Crippen LogP contribution in [0.2, 0.25) is 0 Å². The highest BCUT2D eigenvalue weighted by Crippen LogP contribution is 2.43. The van der Waals surface area contributed by atoms with Gasteiger partial charge in [-0.1, -0.05) is 0 Å². The second kappa shape index (κ2) is 16.8. The van der Waals surface area contributed by atoms with Gasteiger partial charge in [0, 0.05) is 67.3 Å². The number of aromatic nitrogens is 15. The number of aryl methyl sites for hydroxylation is 8. The van der Waals surface area contributed by atoms with Crippen molar-refractivity contribution in [3.05, 3.63) is 162 Å². The lowest BCUT2D eigenvalue weighted by atomic mass is 10.00. The van der Waals surface area contributed by atoms with Gasteiger partial charge in [0.2, 0.25) is 0 Å². The summed E-state index contributed by atoms with van der Waals surface area (Å²) in [6, 6.07) is 35.4. The SMILES string of the molecule is Cc1nc(C)nc(-c2ccc3c(c2)c2cc(-c4nc(C)nc(C)n4)ccc2n3-c2ccncc2-c2cc(C#N)ccc2-n2c3ccc(-c4nc(C)nc(C)n4)cc3c3cc(-c4nc(C)nc(C)n4)ccc32)n1. The predicted octanol–water partition coefficient (Wildman–Crippen LogP) is 10.7. The van der Waals surface area contributed by atoms with Crippen LogP contribution >= 0.6 is 0 Å². The van der Waals surface area contributed by atoms with Gasteiger partial charge in [0.1, 0.15) is 46.6 Å². The quantitative estimate of drug-likeness (QED) is 0.146. The standard InChI is InChI=1S/C56H42N16/c1-28-59-29(2)64-53(63-28)37-10-15-48-42(22-37)43-23-38(54-65-30(3)60-31(4)66-54)11-16-49(43)71(48)47-14-9-36(26-57)21-41(47)46-27-58-20-19-52(46)72-50-17-12-39(55-67-32(5)61-33(6)68-55)24-44(50)45-25-40(13-18-51(45)72)56-69-34(7)62-35(8)70-56/h9-25,27H,1-8H3. The molecule has 12 aromatic rings. The molecule has 7 aromatic heterocycles. The molecule has 0 spiro atoms. The zero-order chi connectivity index (χ0) is 49.5. The van der Waals surface area contributed by atoms with E-state index in [0.29, 0.717) is 75.5 Å². The summed E-state index contributed by atoms with van der Waals surface area (Å²) in [7, 11) is 0. The summed E-state index contributed by atoms with van der Waals surface area (Å²) in [4.78, 5) is 60.4. The molecule has 0 aliphatic rings. The van der Waals surface area contributed by atoms with Gasteiger partial charge in [-0.3, -0.25) is 4.98 Å². The van der Waals surface area contributed by atoms with Gasteiger partial charge in [-0.2, -0.15) is 5.26 Å². The van der Waals surface area contributed by atoms with Crippen molar-refractivity contribution in [1.29, 1.82) is 5.26 Å². The van der Waals surface area contributed by atoms with Gasteiger partial charge in [0.25, 0.3) is 0 Å². The normalized spacial score (nSPS) is 11.6. The van der Waals surface area contributed by atoms with Gasteiger partial charge < -0.3 is 9.13 Å². The summed E-state index contributed by atoms with van der Waals surface area (Å²) >= 11 is 0. The minimum Gasteiger partial charge on any atom is -0.309 e. The Kier molecular flexibility index (Phi) is 10.2. The third kappa shape index (κ3) is 7.51. The molecule has 7 heterocycles. The highest BCUT2D eigenvalue weighted by Gasteiger charge is 2.24. The Morgan fingerprint density at radius 2 is 0.667 bits per heavy atom. The molecule has 0 bridgehead atoms. The van der Waals surface area contributed by atoms with Crippen molar-refractivity contribution < 1.29 is 0 Å². The van der Waals surface area contributed by atoms with E-state index in [-0.39, 0.29) is 0 Å². The van der Waals surface area contributed by atoms with Crippen LogP contribution in [0, 0.1) is 66.7 Å². The van der Waals surface area contributed by atoms with E-state index in [4.69, 9.17) is 44.9 Å². The zero-order valence-electron chi connectivity index (χ0n) is 40.5. The number of fused-ring (bicyclic) bond motifs is 6. The van der Waals surface area contributed by atoms with Crippen LogP contribution in [0.25, 0.3) is 112 Å². The summed E-state index contributed by atoms with van der Waals surface area (Å²) in [5.74, 6) is 7.49. The fraction of sp³-hybridized carbons (Fsp3) is 0.143. The second-order valence-electron chi connectivity index (χ2n) is 17.8. The summed E-state index contributed by atoms with van der Waals surface area (Å²) in [6.07, 6.45) is 3.68. The first-order chi connectivity index (χ1) is 34.8. The molecule has 0 radical (unpaired) electrons. The number of rotatable bonds is 7. The van der Waals surface area contributed by atoms with Gasteiger partial charge in [0.05, 0.1) is 45.1 Å². The Bertz CT molecular complexity index is 4000. The molecular weight excluding hydrogens is 897 g/mol. The fourth-order valence-electron chi connectivity index (χ4n) is 9.91. The highest BCUT2D eigenvalue weighted by atomic mass is 15.1.